The Morgan fingerprint density at radius 3 is 2.57 bits per heavy atom. The summed E-state index contributed by atoms with van der Waals surface area (Å²) in [6.45, 7) is 6.48. The highest BCUT2D eigenvalue weighted by Crippen LogP contribution is 2.27. The first-order valence-electron chi connectivity index (χ1n) is 9.34. The zero-order valence-corrected chi connectivity index (χ0v) is 16.4. The summed E-state index contributed by atoms with van der Waals surface area (Å²) >= 11 is 0. The Balaban J connectivity index is 1.68. The molecule has 0 saturated heterocycles. The number of nitrogens with one attached hydrogen (secondary N) is 2. The highest BCUT2D eigenvalue weighted by molar-refractivity contribution is 5.94. The average Bonchev–Trinajstić information content (AvgIpc) is 2.69. The summed E-state index contributed by atoms with van der Waals surface area (Å²) in [7, 11) is 0. The van der Waals surface area contributed by atoms with Crippen molar-refractivity contribution in [2.45, 2.75) is 33.4 Å². The summed E-state index contributed by atoms with van der Waals surface area (Å²) in [6, 6.07) is 19.2. The van der Waals surface area contributed by atoms with Crippen LogP contribution >= 0.6 is 0 Å². The van der Waals surface area contributed by atoms with Crippen LogP contribution in [0, 0.1) is 6.92 Å². The number of para-hydroxylation sites is 2. The van der Waals surface area contributed by atoms with E-state index in [1.807, 2.05) is 69.3 Å². The molecular formula is C23H25N3O2. The third-order valence-electron chi connectivity index (χ3n) is 4.11. The van der Waals surface area contributed by atoms with E-state index in [1.165, 1.54) is 5.56 Å². The Morgan fingerprint density at radius 2 is 1.82 bits per heavy atom. The lowest BCUT2D eigenvalue weighted by molar-refractivity contribution is 0.0951. The molecule has 5 nitrogen and oxygen atoms in total. The number of aryl methyl sites for hydroxylation is 1. The van der Waals surface area contributed by atoms with E-state index in [0.717, 1.165) is 17.0 Å². The highest BCUT2D eigenvalue weighted by Gasteiger charge is 2.09. The molecule has 0 aliphatic heterocycles. The second-order valence-electron chi connectivity index (χ2n) is 6.89. The summed E-state index contributed by atoms with van der Waals surface area (Å²) in [4.78, 5) is 16.8. The lowest BCUT2D eigenvalue weighted by Gasteiger charge is -2.15. The number of hydrogen-bond donors (Lipinski definition) is 2. The molecule has 5 heteroatoms. The van der Waals surface area contributed by atoms with Gasteiger partial charge in [0.25, 0.3) is 5.91 Å². The van der Waals surface area contributed by atoms with Gasteiger partial charge < -0.3 is 15.4 Å². The first-order valence-corrected chi connectivity index (χ1v) is 9.34. The van der Waals surface area contributed by atoms with Crippen molar-refractivity contribution in [3.8, 4) is 5.75 Å². The van der Waals surface area contributed by atoms with Gasteiger partial charge in [-0.05, 0) is 50.6 Å². The fourth-order valence-electron chi connectivity index (χ4n) is 2.70. The molecule has 144 valence electrons. The number of rotatable bonds is 7. The molecule has 28 heavy (non-hydrogen) atoms. The number of hydrogen-bond acceptors (Lipinski definition) is 4. The minimum atomic E-state index is -0.141. The maximum Gasteiger partial charge on any atom is 0.251 e. The van der Waals surface area contributed by atoms with Gasteiger partial charge in [-0.1, -0.05) is 42.0 Å². The molecule has 0 spiro atoms. The number of aromatic nitrogens is 1. The van der Waals surface area contributed by atoms with Crippen LogP contribution in [0.1, 0.15) is 35.3 Å². The Labute approximate surface area is 165 Å². The first kappa shape index (κ1) is 19.4. The number of carbonyl (C=O) groups is 1. The fraction of sp³-hybridized carbons (Fsp3) is 0.217. The van der Waals surface area contributed by atoms with Crippen LogP contribution in [-0.2, 0) is 6.54 Å². The van der Waals surface area contributed by atoms with Crippen molar-refractivity contribution in [1.29, 1.82) is 0 Å². The van der Waals surface area contributed by atoms with Gasteiger partial charge in [0.2, 0.25) is 0 Å². The van der Waals surface area contributed by atoms with E-state index in [0.29, 0.717) is 17.9 Å². The standard InChI is InChI=1S/C23H25N3O2/c1-16(2)28-21-7-5-4-6-20(21)26-22-14-19(12-13-24-22)23(27)25-15-18-10-8-17(3)9-11-18/h4-14,16H,15H2,1-3H3,(H,24,26)(H,25,27). The van der Waals surface area contributed by atoms with E-state index in [1.54, 1.807) is 18.3 Å². The van der Waals surface area contributed by atoms with Crippen molar-refractivity contribution in [3.63, 3.8) is 0 Å². The van der Waals surface area contributed by atoms with Gasteiger partial charge in [-0.25, -0.2) is 4.98 Å². The summed E-state index contributed by atoms with van der Waals surface area (Å²) < 4.78 is 5.82. The minimum Gasteiger partial charge on any atom is -0.489 e. The number of amides is 1. The second-order valence-corrected chi connectivity index (χ2v) is 6.89. The van der Waals surface area contributed by atoms with Crippen LogP contribution in [-0.4, -0.2) is 17.0 Å². The van der Waals surface area contributed by atoms with Gasteiger partial charge in [-0.3, -0.25) is 4.79 Å². The third kappa shape index (κ3) is 5.33. The van der Waals surface area contributed by atoms with Crippen LogP contribution in [0.5, 0.6) is 5.75 Å². The van der Waals surface area contributed by atoms with Crippen molar-refractivity contribution in [2.75, 3.05) is 5.32 Å². The molecule has 0 bridgehead atoms. The summed E-state index contributed by atoms with van der Waals surface area (Å²) in [5.74, 6) is 1.19. The molecule has 3 rings (SSSR count). The topological polar surface area (TPSA) is 63.2 Å². The van der Waals surface area contributed by atoms with Gasteiger partial charge in [0.15, 0.2) is 0 Å². The van der Waals surface area contributed by atoms with Crippen molar-refractivity contribution in [2.24, 2.45) is 0 Å². The van der Waals surface area contributed by atoms with Crippen LogP contribution in [0.25, 0.3) is 0 Å². The van der Waals surface area contributed by atoms with Crippen LogP contribution < -0.4 is 15.4 Å². The molecule has 0 unspecified atom stereocenters. The van der Waals surface area contributed by atoms with E-state index >= 15 is 0 Å². The highest BCUT2D eigenvalue weighted by atomic mass is 16.5. The van der Waals surface area contributed by atoms with Gasteiger partial charge in [0, 0.05) is 18.3 Å². The number of ether oxygens (including phenoxy) is 1. The lowest BCUT2D eigenvalue weighted by Crippen LogP contribution is -2.22. The van der Waals surface area contributed by atoms with Gasteiger partial charge in [0.05, 0.1) is 11.8 Å². The van der Waals surface area contributed by atoms with E-state index in [9.17, 15) is 4.79 Å². The molecule has 2 N–H and O–H groups in total. The smallest absolute Gasteiger partial charge is 0.251 e. The molecule has 1 aromatic heterocycles. The molecule has 0 aliphatic rings. The number of pyridine rings is 1. The molecule has 1 heterocycles. The van der Waals surface area contributed by atoms with Crippen LogP contribution in [0.4, 0.5) is 11.5 Å². The van der Waals surface area contributed by atoms with Gasteiger partial charge in [-0.2, -0.15) is 0 Å². The monoisotopic (exact) mass is 375 g/mol. The molecule has 0 atom stereocenters. The van der Waals surface area contributed by atoms with Crippen molar-refractivity contribution in [3.05, 3.63) is 83.6 Å². The van der Waals surface area contributed by atoms with E-state index in [2.05, 4.69) is 15.6 Å². The molecule has 0 saturated carbocycles. The van der Waals surface area contributed by atoms with E-state index in [-0.39, 0.29) is 12.0 Å². The quantitative estimate of drug-likeness (QED) is 0.620. The Morgan fingerprint density at radius 1 is 1.07 bits per heavy atom. The number of anilines is 2. The molecule has 3 aromatic rings. The zero-order valence-electron chi connectivity index (χ0n) is 16.4. The molecule has 1 amide bonds. The number of benzene rings is 2. The van der Waals surface area contributed by atoms with Crippen LogP contribution in [0.2, 0.25) is 0 Å². The summed E-state index contributed by atoms with van der Waals surface area (Å²) in [5.41, 5.74) is 3.61. The maximum absolute atomic E-state index is 12.5. The van der Waals surface area contributed by atoms with E-state index in [4.69, 9.17) is 4.74 Å². The predicted molar refractivity (Wildman–Crippen MR) is 112 cm³/mol. The Kier molecular flexibility index (Phi) is 6.27. The van der Waals surface area contributed by atoms with Gasteiger partial charge in [0.1, 0.15) is 11.6 Å². The maximum atomic E-state index is 12.5. The second kappa shape index (κ2) is 9.04. The normalized spacial score (nSPS) is 10.6. The molecular weight excluding hydrogens is 350 g/mol. The largest absolute Gasteiger partial charge is 0.489 e. The number of nitrogens with zero attached hydrogens (tertiary/aromatic N) is 1. The zero-order chi connectivity index (χ0) is 19.9. The van der Waals surface area contributed by atoms with Crippen molar-refractivity contribution < 1.29 is 9.53 Å². The van der Waals surface area contributed by atoms with Gasteiger partial charge in [-0.15, -0.1) is 0 Å². The van der Waals surface area contributed by atoms with Crippen molar-refractivity contribution in [1.82, 2.24) is 10.3 Å². The van der Waals surface area contributed by atoms with Crippen molar-refractivity contribution >= 4 is 17.4 Å². The Hall–Kier alpha value is -3.34. The SMILES string of the molecule is Cc1ccc(CNC(=O)c2ccnc(Nc3ccccc3OC(C)C)c2)cc1. The summed E-state index contributed by atoms with van der Waals surface area (Å²) in [6.07, 6.45) is 1.68. The lowest BCUT2D eigenvalue weighted by atomic mass is 10.1. The third-order valence-corrected chi connectivity index (χ3v) is 4.11. The molecule has 0 aliphatic carbocycles. The van der Waals surface area contributed by atoms with Crippen LogP contribution in [0.3, 0.4) is 0 Å². The molecule has 2 aromatic carbocycles. The average molecular weight is 375 g/mol. The van der Waals surface area contributed by atoms with Crippen LogP contribution in [0.15, 0.2) is 66.9 Å². The fourth-order valence-corrected chi connectivity index (χ4v) is 2.70. The molecule has 0 radical (unpaired) electrons. The predicted octanol–water partition coefficient (Wildman–Crippen LogP) is 4.85. The van der Waals surface area contributed by atoms with E-state index < -0.39 is 0 Å². The molecule has 0 fully saturated rings. The van der Waals surface area contributed by atoms with Gasteiger partial charge >= 0.3 is 0 Å². The Bertz CT molecular complexity index is 937. The summed E-state index contributed by atoms with van der Waals surface area (Å²) in [5, 5.41) is 6.18. The first-order chi connectivity index (χ1) is 13.5. The minimum absolute atomic E-state index is 0.0646. The number of carbonyl (C=O) groups excluding carboxylic acids is 1.